The molecule has 0 bridgehead atoms. The number of nitrogens with one attached hydrogen (secondary N) is 3. The molecule has 136 valence electrons. The van der Waals surface area contributed by atoms with E-state index in [9.17, 15) is 18.0 Å². The molecule has 2 rings (SSSR count). The first kappa shape index (κ1) is 20.3. The van der Waals surface area contributed by atoms with E-state index in [2.05, 4.69) is 33.2 Å². The molecule has 3 N–H and O–H groups in total. The highest BCUT2D eigenvalue weighted by molar-refractivity contribution is 14.1. The predicted molar refractivity (Wildman–Crippen MR) is 110 cm³/mol. The van der Waals surface area contributed by atoms with E-state index in [1.54, 1.807) is 18.2 Å². The van der Waals surface area contributed by atoms with Crippen molar-refractivity contribution in [3.63, 3.8) is 0 Å². The van der Waals surface area contributed by atoms with Gasteiger partial charge in [0, 0.05) is 21.7 Å². The Labute approximate surface area is 169 Å². The summed E-state index contributed by atoms with van der Waals surface area (Å²) >= 11 is 7.19. The lowest BCUT2D eigenvalue weighted by atomic mass is 10.2. The minimum atomic E-state index is -3.89. The molecule has 0 radical (unpaired) electrons. The van der Waals surface area contributed by atoms with Gasteiger partial charge in [0.2, 0.25) is 5.91 Å². The fourth-order valence-corrected chi connectivity index (χ4v) is 3.68. The first-order valence-corrected chi connectivity index (χ1v) is 10.2. The fourth-order valence-electron chi connectivity index (χ4n) is 1.93. The Bertz CT molecular complexity index is 960. The van der Waals surface area contributed by atoms with E-state index in [0.29, 0.717) is 11.3 Å². The van der Waals surface area contributed by atoms with Gasteiger partial charge in [-0.05, 0) is 77.3 Å². The van der Waals surface area contributed by atoms with Crippen molar-refractivity contribution >= 4 is 67.4 Å². The van der Waals surface area contributed by atoms with Gasteiger partial charge in [-0.25, -0.2) is 13.1 Å². The molecule has 0 heterocycles. The van der Waals surface area contributed by atoms with Crippen LogP contribution in [0.2, 0.25) is 0 Å². The highest BCUT2D eigenvalue weighted by Gasteiger charge is 2.15. The van der Waals surface area contributed by atoms with E-state index in [1.165, 1.54) is 24.3 Å². The first-order valence-electron chi connectivity index (χ1n) is 7.19. The molecule has 0 fully saturated rings. The summed E-state index contributed by atoms with van der Waals surface area (Å²) in [5.74, 6) is -1.03. The summed E-state index contributed by atoms with van der Waals surface area (Å²) in [6, 6.07) is 12.6. The molecule has 7 nitrogen and oxygen atoms in total. The Morgan fingerprint density at radius 2 is 1.73 bits per heavy atom. The third-order valence-electron chi connectivity index (χ3n) is 3.01. The Kier molecular flexibility index (Phi) is 6.67. The standard InChI is InChI=1S/C16H14IN3O4S2/c1-10(21)20-26(23,24)14-7-5-13(6-8-14)18-16(25)19-15(22)11-3-2-4-12(17)9-11/h2-9H,1H3,(H,20,21)(H2,18,19,22,25). The summed E-state index contributed by atoms with van der Waals surface area (Å²) in [7, 11) is -3.89. The maximum absolute atomic E-state index is 12.1. The number of sulfonamides is 1. The highest BCUT2D eigenvalue weighted by atomic mass is 127. The summed E-state index contributed by atoms with van der Waals surface area (Å²) in [4.78, 5) is 23.0. The van der Waals surface area contributed by atoms with Crippen molar-refractivity contribution in [2.45, 2.75) is 11.8 Å². The number of benzene rings is 2. The van der Waals surface area contributed by atoms with Crippen LogP contribution in [0.3, 0.4) is 0 Å². The second-order valence-corrected chi connectivity index (χ2v) is 8.44. The highest BCUT2D eigenvalue weighted by Crippen LogP contribution is 2.14. The third kappa shape index (κ3) is 5.75. The topological polar surface area (TPSA) is 104 Å². The van der Waals surface area contributed by atoms with Gasteiger partial charge in [-0.1, -0.05) is 6.07 Å². The molecule has 10 heteroatoms. The van der Waals surface area contributed by atoms with Crippen molar-refractivity contribution in [2.24, 2.45) is 0 Å². The van der Waals surface area contributed by atoms with Crippen LogP contribution in [0, 0.1) is 3.57 Å². The molecule has 2 amide bonds. The van der Waals surface area contributed by atoms with Gasteiger partial charge in [-0.15, -0.1) is 0 Å². The van der Waals surface area contributed by atoms with E-state index in [1.807, 2.05) is 10.8 Å². The lowest BCUT2D eigenvalue weighted by molar-refractivity contribution is -0.117. The zero-order valence-corrected chi connectivity index (χ0v) is 17.2. The van der Waals surface area contributed by atoms with Crippen LogP contribution in [0.25, 0.3) is 0 Å². The summed E-state index contributed by atoms with van der Waals surface area (Å²) in [5, 5.41) is 5.41. The molecule has 0 saturated heterocycles. The van der Waals surface area contributed by atoms with Crippen LogP contribution in [0.5, 0.6) is 0 Å². The molecular formula is C16H14IN3O4S2. The van der Waals surface area contributed by atoms with Gasteiger partial charge in [0.25, 0.3) is 15.9 Å². The maximum Gasteiger partial charge on any atom is 0.264 e. The first-order chi connectivity index (χ1) is 12.2. The van der Waals surface area contributed by atoms with E-state index in [0.717, 1.165) is 10.5 Å². The fraction of sp³-hybridized carbons (Fsp3) is 0.0625. The number of anilines is 1. The zero-order valence-electron chi connectivity index (χ0n) is 13.4. The SMILES string of the molecule is CC(=O)NS(=O)(=O)c1ccc(NC(=S)NC(=O)c2cccc(I)c2)cc1. The van der Waals surface area contributed by atoms with E-state index >= 15 is 0 Å². The predicted octanol–water partition coefficient (Wildman–Crippen LogP) is 2.24. The molecule has 0 spiro atoms. The summed E-state index contributed by atoms with van der Waals surface area (Å²) in [6.45, 7) is 1.11. The quantitative estimate of drug-likeness (QED) is 0.437. The molecule has 0 aliphatic rings. The van der Waals surface area contributed by atoms with Crippen molar-refractivity contribution in [1.29, 1.82) is 0 Å². The summed E-state index contributed by atoms with van der Waals surface area (Å²) in [5.41, 5.74) is 0.956. The van der Waals surface area contributed by atoms with Crippen molar-refractivity contribution in [2.75, 3.05) is 5.32 Å². The molecular weight excluding hydrogens is 489 g/mol. The van der Waals surface area contributed by atoms with Crippen LogP contribution < -0.4 is 15.4 Å². The normalized spacial score (nSPS) is 10.7. The maximum atomic E-state index is 12.1. The minimum absolute atomic E-state index is 0.0629. The lowest BCUT2D eigenvalue weighted by Gasteiger charge is -2.10. The molecule has 2 aromatic carbocycles. The molecule has 2 aromatic rings. The molecule has 0 aliphatic heterocycles. The average Bonchev–Trinajstić information content (AvgIpc) is 2.54. The second kappa shape index (κ2) is 8.56. The van der Waals surface area contributed by atoms with Crippen LogP contribution in [0.15, 0.2) is 53.4 Å². The van der Waals surface area contributed by atoms with E-state index in [4.69, 9.17) is 12.2 Å². The van der Waals surface area contributed by atoms with Gasteiger partial charge < -0.3 is 5.32 Å². The van der Waals surface area contributed by atoms with Crippen LogP contribution >= 0.6 is 34.8 Å². The number of amides is 2. The Morgan fingerprint density at radius 3 is 2.31 bits per heavy atom. The number of rotatable bonds is 4. The van der Waals surface area contributed by atoms with Crippen molar-refractivity contribution < 1.29 is 18.0 Å². The monoisotopic (exact) mass is 503 g/mol. The van der Waals surface area contributed by atoms with Crippen LogP contribution in [-0.2, 0) is 14.8 Å². The van der Waals surface area contributed by atoms with Crippen molar-refractivity contribution in [1.82, 2.24) is 10.0 Å². The van der Waals surface area contributed by atoms with Gasteiger partial charge >= 0.3 is 0 Å². The third-order valence-corrected chi connectivity index (χ3v) is 5.34. The van der Waals surface area contributed by atoms with E-state index < -0.39 is 15.9 Å². The molecule has 0 atom stereocenters. The molecule has 0 aliphatic carbocycles. The van der Waals surface area contributed by atoms with Gasteiger partial charge in [-0.3, -0.25) is 14.9 Å². The molecule has 0 unspecified atom stereocenters. The summed E-state index contributed by atoms with van der Waals surface area (Å²) < 4.78 is 26.5. The Morgan fingerprint density at radius 1 is 1.08 bits per heavy atom. The Hall–Kier alpha value is -2.05. The number of thiocarbonyl (C=S) groups is 1. The van der Waals surface area contributed by atoms with Crippen molar-refractivity contribution in [3.05, 3.63) is 57.7 Å². The number of hydrogen-bond donors (Lipinski definition) is 3. The van der Waals surface area contributed by atoms with Gasteiger partial charge in [0.15, 0.2) is 5.11 Å². The number of hydrogen-bond acceptors (Lipinski definition) is 5. The van der Waals surface area contributed by atoms with Crippen LogP contribution in [-0.4, -0.2) is 25.3 Å². The molecule has 0 aromatic heterocycles. The average molecular weight is 503 g/mol. The van der Waals surface area contributed by atoms with Gasteiger partial charge in [0.05, 0.1) is 4.90 Å². The number of carbonyl (C=O) groups excluding carboxylic acids is 2. The van der Waals surface area contributed by atoms with Crippen LogP contribution in [0.4, 0.5) is 5.69 Å². The largest absolute Gasteiger partial charge is 0.332 e. The van der Waals surface area contributed by atoms with Crippen LogP contribution in [0.1, 0.15) is 17.3 Å². The van der Waals surface area contributed by atoms with Gasteiger partial charge in [-0.2, -0.15) is 0 Å². The van der Waals surface area contributed by atoms with E-state index in [-0.39, 0.29) is 15.9 Å². The summed E-state index contributed by atoms with van der Waals surface area (Å²) in [6.07, 6.45) is 0. The lowest BCUT2D eigenvalue weighted by Crippen LogP contribution is -2.34. The minimum Gasteiger partial charge on any atom is -0.332 e. The second-order valence-electron chi connectivity index (χ2n) is 5.10. The molecule has 0 saturated carbocycles. The smallest absolute Gasteiger partial charge is 0.264 e. The van der Waals surface area contributed by atoms with Gasteiger partial charge in [0.1, 0.15) is 0 Å². The number of halogens is 1. The van der Waals surface area contributed by atoms with Crippen molar-refractivity contribution in [3.8, 4) is 0 Å². The Balaban J connectivity index is 2.01. The molecule has 26 heavy (non-hydrogen) atoms. The number of carbonyl (C=O) groups is 2. The zero-order chi connectivity index (χ0) is 19.3.